The molecule has 0 saturated carbocycles. The molecule has 0 atom stereocenters. The molecule has 0 aromatic carbocycles. The Bertz CT molecular complexity index is 153. The van der Waals surface area contributed by atoms with Crippen molar-refractivity contribution >= 4 is 0 Å². The van der Waals surface area contributed by atoms with Gasteiger partial charge < -0.3 is 10.2 Å². The summed E-state index contributed by atoms with van der Waals surface area (Å²) < 4.78 is 0. The highest BCUT2D eigenvalue weighted by atomic mass is 15.3. The van der Waals surface area contributed by atoms with E-state index >= 15 is 0 Å². The first-order chi connectivity index (χ1) is 4.52. The predicted molar refractivity (Wildman–Crippen MR) is 43.3 cm³/mol. The van der Waals surface area contributed by atoms with Crippen molar-refractivity contribution < 1.29 is 0 Å². The molecule has 0 aliphatic carbocycles. The largest absolute Gasteiger partial charge is 0.372 e. The van der Waals surface area contributed by atoms with Crippen molar-refractivity contribution in [1.82, 2.24) is 10.2 Å². The van der Waals surface area contributed by atoms with Crippen LogP contribution in [0.2, 0.25) is 0 Å². The van der Waals surface area contributed by atoms with Crippen LogP contribution in [-0.4, -0.2) is 18.6 Å². The van der Waals surface area contributed by atoms with E-state index in [1.54, 1.807) is 0 Å². The summed E-state index contributed by atoms with van der Waals surface area (Å²) in [6, 6.07) is 0. The zero-order chi connectivity index (χ0) is 7.78. The van der Waals surface area contributed by atoms with E-state index in [0.29, 0.717) is 0 Å². The van der Waals surface area contributed by atoms with Gasteiger partial charge in [-0.15, -0.1) is 0 Å². The van der Waals surface area contributed by atoms with Crippen molar-refractivity contribution in [1.29, 1.82) is 0 Å². The Hall–Kier alpha value is -0.660. The number of nitrogens with one attached hydrogen (secondary N) is 1. The molecule has 0 amide bonds. The molecule has 0 saturated heterocycles. The Balaban J connectivity index is 2.72. The van der Waals surface area contributed by atoms with E-state index in [-0.39, 0.29) is 5.41 Å². The lowest BCUT2D eigenvalue weighted by atomic mass is 9.92. The molecule has 0 spiro atoms. The van der Waals surface area contributed by atoms with Crippen LogP contribution in [0.3, 0.4) is 0 Å². The van der Waals surface area contributed by atoms with Crippen LogP contribution >= 0.6 is 0 Å². The van der Waals surface area contributed by atoms with Gasteiger partial charge in [-0.2, -0.15) is 0 Å². The monoisotopic (exact) mass is 140 g/mol. The number of rotatable bonds is 0. The average Bonchev–Trinajstić information content (AvgIpc) is 2.11. The first kappa shape index (κ1) is 7.45. The molecule has 0 radical (unpaired) electrons. The molecule has 1 aliphatic heterocycles. The summed E-state index contributed by atoms with van der Waals surface area (Å²) in [6.45, 7) is 7.62. The summed E-state index contributed by atoms with van der Waals surface area (Å²) in [6.07, 6.45) is 2.10. The number of hydrogen-bond acceptors (Lipinski definition) is 2. The lowest BCUT2D eigenvalue weighted by molar-refractivity contribution is 0.332. The lowest BCUT2D eigenvalue weighted by Gasteiger charge is -2.26. The average molecular weight is 140 g/mol. The molecular formula is C8H16N2. The Morgan fingerprint density at radius 3 is 2.30 bits per heavy atom. The number of allylic oxidation sites excluding steroid dienone is 1. The minimum absolute atomic E-state index is 0.276. The highest BCUT2D eigenvalue weighted by Gasteiger charge is 2.22. The molecule has 2 nitrogen and oxygen atoms in total. The van der Waals surface area contributed by atoms with Crippen molar-refractivity contribution in [3.8, 4) is 0 Å². The third kappa shape index (κ3) is 1.25. The summed E-state index contributed by atoms with van der Waals surface area (Å²) >= 11 is 0. The normalized spacial score (nSPS) is 18.8. The van der Waals surface area contributed by atoms with Crippen LogP contribution in [0.25, 0.3) is 0 Å². The third-order valence-electron chi connectivity index (χ3n) is 1.75. The maximum absolute atomic E-state index is 3.19. The van der Waals surface area contributed by atoms with Crippen molar-refractivity contribution in [2.45, 2.75) is 20.8 Å². The van der Waals surface area contributed by atoms with Gasteiger partial charge in [-0.1, -0.05) is 20.8 Å². The SMILES string of the molecule is CN1CNC=C1C(C)(C)C. The van der Waals surface area contributed by atoms with Crippen molar-refractivity contribution in [2.24, 2.45) is 5.41 Å². The molecule has 0 fully saturated rings. The standard InChI is InChI=1S/C8H16N2/c1-8(2,3)7-5-9-6-10(7)4/h5,9H,6H2,1-4H3. The third-order valence-corrected chi connectivity index (χ3v) is 1.75. The van der Waals surface area contributed by atoms with Gasteiger partial charge in [0.05, 0.1) is 6.67 Å². The molecular weight excluding hydrogens is 124 g/mol. The second-order valence-electron chi connectivity index (χ2n) is 3.84. The van der Waals surface area contributed by atoms with Crippen LogP contribution in [0, 0.1) is 5.41 Å². The molecule has 10 heavy (non-hydrogen) atoms. The summed E-state index contributed by atoms with van der Waals surface area (Å²) in [5.41, 5.74) is 1.66. The highest BCUT2D eigenvalue weighted by molar-refractivity contribution is 5.11. The molecule has 0 aromatic rings. The minimum Gasteiger partial charge on any atom is -0.372 e. The van der Waals surface area contributed by atoms with Crippen molar-refractivity contribution in [3.05, 3.63) is 11.9 Å². The number of hydrogen-bond donors (Lipinski definition) is 1. The van der Waals surface area contributed by atoms with Gasteiger partial charge in [0.15, 0.2) is 0 Å². The molecule has 0 unspecified atom stereocenters. The maximum atomic E-state index is 3.19. The van der Waals surface area contributed by atoms with Crippen LogP contribution in [0.5, 0.6) is 0 Å². The first-order valence-corrected chi connectivity index (χ1v) is 3.67. The topological polar surface area (TPSA) is 15.3 Å². The van der Waals surface area contributed by atoms with Crippen LogP contribution in [0.1, 0.15) is 20.8 Å². The predicted octanol–water partition coefficient (Wildman–Crippen LogP) is 1.37. The van der Waals surface area contributed by atoms with Gasteiger partial charge in [-0.3, -0.25) is 0 Å². The van der Waals surface area contributed by atoms with Gasteiger partial charge in [0.1, 0.15) is 0 Å². The number of nitrogens with zero attached hydrogens (tertiary/aromatic N) is 1. The molecule has 2 heteroatoms. The summed E-state index contributed by atoms with van der Waals surface area (Å²) in [5, 5.41) is 3.19. The van der Waals surface area contributed by atoms with Crippen LogP contribution < -0.4 is 5.32 Å². The van der Waals surface area contributed by atoms with E-state index in [9.17, 15) is 0 Å². The van der Waals surface area contributed by atoms with Gasteiger partial charge >= 0.3 is 0 Å². The Morgan fingerprint density at radius 2 is 2.10 bits per heavy atom. The molecule has 1 heterocycles. The zero-order valence-corrected chi connectivity index (χ0v) is 7.23. The fourth-order valence-corrected chi connectivity index (χ4v) is 1.26. The molecule has 1 aliphatic rings. The van der Waals surface area contributed by atoms with Crippen LogP contribution in [0.4, 0.5) is 0 Å². The first-order valence-electron chi connectivity index (χ1n) is 3.67. The lowest BCUT2D eigenvalue weighted by Crippen LogP contribution is -2.25. The smallest absolute Gasteiger partial charge is 0.0867 e. The minimum atomic E-state index is 0.276. The Morgan fingerprint density at radius 1 is 1.50 bits per heavy atom. The quantitative estimate of drug-likeness (QED) is 0.546. The van der Waals surface area contributed by atoms with E-state index < -0.39 is 0 Å². The van der Waals surface area contributed by atoms with Gasteiger partial charge in [-0.05, 0) is 0 Å². The molecule has 0 aromatic heterocycles. The van der Waals surface area contributed by atoms with E-state index in [0.717, 1.165) is 6.67 Å². The zero-order valence-electron chi connectivity index (χ0n) is 7.23. The van der Waals surface area contributed by atoms with Gasteiger partial charge in [-0.25, -0.2) is 0 Å². The fourth-order valence-electron chi connectivity index (χ4n) is 1.26. The fraction of sp³-hybridized carbons (Fsp3) is 0.750. The molecule has 1 N–H and O–H groups in total. The highest BCUT2D eigenvalue weighted by Crippen LogP contribution is 2.28. The molecule has 0 bridgehead atoms. The second-order valence-corrected chi connectivity index (χ2v) is 3.84. The van der Waals surface area contributed by atoms with E-state index in [1.165, 1.54) is 5.70 Å². The summed E-state index contributed by atoms with van der Waals surface area (Å²) in [5.74, 6) is 0. The maximum Gasteiger partial charge on any atom is 0.0867 e. The van der Waals surface area contributed by atoms with Crippen molar-refractivity contribution in [3.63, 3.8) is 0 Å². The van der Waals surface area contributed by atoms with Crippen LogP contribution in [-0.2, 0) is 0 Å². The van der Waals surface area contributed by atoms with Gasteiger partial charge in [0.2, 0.25) is 0 Å². The summed E-state index contributed by atoms with van der Waals surface area (Å²) in [4.78, 5) is 2.24. The summed E-state index contributed by atoms with van der Waals surface area (Å²) in [7, 11) is 2.11. The Labute approximate surface area is 62.9 Å². The van der Waals surface area contributed by atoms with E-state index in [1.807, 2.05) is 0 Å². The van der Waals surface area contributed by atoms with Crippen LogP contribution in [0.15, 0.2) is 11.9 Å². The van der Waals surface area contributed by atoms with Gasteiger partial charge in [0, 0.05) is 24.4 Å². The Kier molecular flexibility index (Phi) is 1.63. The van der Waals surface area contributed by atoms with E-state index in [2.05, 4.69) is 44.2 Å². The molecule has 58 valence electrons. The van der Waals surface area contributed by atoms with Crippen molar-refractivity contribution in [2.75, 3.05) is 13.7 Å². The molecule has 1 rings (SSSR count). The van der Waals surface area contributed by atoms with E-state index in [4.69, 9.17) is 0 Å². The van der Waals surface area contributed by atoms with Gasteiger partial charge in [0.25, 0.3) is 0 Å². The second kappa shape index (κ2) is 2.19.